The number of morpholine rings is 1. The van der Waals surface area contributed by atoms with Gasteiger partial charge >= 0.3 is 0 Å². The van der Waals surface area contributed by atoms with Crippen molar-refractivity contribution in [2.24, 2.45) is 0 Å². The van der Waals surface area contributed by atoms with Gasteiger partial charge in [-0.15, -0.1) is 0 Å². The standard InChI is InChI=1S/C16H18N6O.C4H10S/c1-10-9-23-7-6-22(10)14-8-13(17)20-16(21-14)12-3-5-19-15-11(12)2-4-18-15;1-3-5-4-2/h2-5,8,10H,6-7,9H2,1H3,(H,18,19)(H2,17,20,21);3-4H2,1-2H3. The van der Waals surface area contributed by atoms with Crippen molar-refractivity contribution in [1.82, 2.24) is 19.9 Å². The van der Waals surface area contributed by atoms with Crippen LogP contribution in [0, 0.1) is 0 Å². The molecule has 0 spiro atoms. The van der Waals surface area contributed by atoms with Crippen molar-refractivity contribution in [2.75, 3.05) is 41.9 Å². The third-order valence-corrected chi connectivity index (χ3v) is 5.32. The monoisotopic (exact) mass is 400 g/mol. The van der Waals surface area contributed by atoms with Crippen LogP contribution in [0.1, 0.15) is 20.8 Å². The van der Waals surface area contributed by atoms with Crippen molar-refractivity contribution in [2.45, 2.75) is 26.8 Å². The number of nitrogen functional groups attached to an aromatic ring is 1. The van der Waals surface area contributed by atoms with Crippen LogP contribution in [0.25, 0.3) is 22.4 Å². The third kappa shape index (κ3) is 4.74. The molecule has 1 fully saturated rings. The normalized spacial score (nSPS) is 16.7. The Hall–Kier alpha value is -2.32. The Morgan fingerprint density at radius 2 is 2.11 bits per heavy atom. The van der Waals surface area contributed by atoms with E-state index in [1.807, 2.05) is 36.2 Å². The number of rotatable bonds is 4. The highest BCUT2D eigenvalue weighted by Gasteiger charge is 2.21. The summed E-state index contributed by atoms with van der Waals surface area (Å²) >= 11 is 1.96. The van der Waals surface area contributed by atoms with Crippen LogP contribution in [0.5, 0.6) is 0 Å². The Labute approximate surface area is 170 Å². The Morgan fingerprint density at radius 1 is 1.29 bits per heavy atom. The average Bonchev–Trinajstić information content (AvgIpc) is 3.18. The van der Waals surface area contributed by atoms with Crippen molar-refractivity contribution in [3.05, 3.63) is 30.6 Å². The number of ether oxygens (including phenoxy) is 1. The van der Waals surface area contributed by atoms with Gasteiger partial charge in [-0.3, -0.25) is 0 Å². The van der Waals surface area contributed by atoms with E-state index in [0.29, 0.717) is 24.9 Å². The molecule has 3 aromatic heterocycles. The smallest absolute Gasteiger partial charge is 0.164 e. The molecule has 0 aliphatic carbocycles. The Morgan fingerprint density at radius 3 is 2.82 bits per heavy atom. The van der Waals surface area contributed by atoms with Gasteiger partial charge in [0, 0.05) is 36.0 Å². The molecular formula is C20H28N6OS. The van der Waals surface area contributed by atoms with Gasteiger partial charge in [-0.25, -0.2) is 15.0 Å². The van der Waals surface area contributed by atoms with E-state index < -0.39 is 0 Å². The van der Waals surface area contributed by atoms with Gasteiger partial charge in [-0.2, -0.15) is 11.8 Å². The molecule has 0 radical (unpaired) electrons. The zero-order valence-corrected chi connectivity index (χ0v) is 17.5. The van der Waals surface area contributed by atoms with Crippen LogP contribution in [-0.2, 0) is 4.74 Å². The number of anilines is 2. The molecule has 7 nitrogen and oxygen atoms in total. The number of hydrogen-bond acceptors (Lipinski definition) is 7. The molecule has 0 saturated carbocycles. The van der Waals surface area contributed by atoms with Gasteiger partial charge in [-0.05, 0) is 30.6 Å². The number of H-pyrrole nitrogens is 1. The number of nitrogens with one attached hydrogen (secondary N) is 1. The van der Waals surface area contributed by atoms with E-state index in [4.69, 9.17) is 15.5 Å². The molecule has 0 amide bonds. The molecule has 3 aromatic rings. The minimum absolute atomic E-state index is 0.260. The van der Waals surface area contributed by atoms with Gasteiger partial charge in [0.15, 0.2) is 5.82 Å². The fraction of sp³-hybridized carbons (Fsp3) is 0.450. The Bertz CT molecular complexity index is 897. The van der Waals surface area contributed by atoms with Gasteiger partial charge < -0.3 is 20.4 Å². The van der Waals surface area contributed by atoms with Crippen molar-refractivity contribution in [1.29, 1.82) is 0 Å². The van der Waals surface area contributed by atoms with E-state index in [-0.39, 0.29) is 6.04 Å². The van der Waals surface area contributed by atoms with E-state index in [2.05, 4.69) is 40.6 Å². The molecule has 28 heavy (non-hydrogen) atoms. The molecule has 4 heterocycles. The van der Waals surface area contributed by atoms with Crippen LogP contribution in [0.15, 0.2) is 30.6 Å². The van der Waals surface area contributed by atoms with E-state index in [1.165, 1.54) is 11.5 Å². The van der Waals surface area contributed by atoms with Crippen LogP contribution >= 0.6 is 11.8 Å². The van der Waals surface area contributed by atoms with E-state index in [0.717, 1.165) is 29.0 Å². The summed E-state index contributed by atoms with van der Waals surface area (Å²) in [5.74, 6) is 4.44. The van der Waals surface area contributed by atoms with Crippen molar-refractivity contribution in [3.63, 3.8) is 0 Å². The van der Waals surface area contributed by atoms with Gasteiger partial charge in [0.1, 0.15) is 17.3 Å². The molecule has 1 saturated heterocycles. The summed E-state index contributed by atoms with van der Waals surface area (Å²) in [6.07, 6.45) is 3.61. The second-order valence-electron chi connectivity index (χ2n) is 6.47. The predicted octanol–water partition coefficient (Wildman–Crippen LogP) is 3.59. The summed E-state index contributed by atoms with van der Waals surface area (Å²) < 4.78 is 5.50. The lowest BCUT2D eigenvalue weighted by Crippen LogP contribution is -2.44. The van der Waals surface area contributed by atoms with Crippen molar-refractivity contribution in [3.8, 4) is 11.4 Å². The summed E-state index contributed by atoms with van der Waals surface area (Å²) in [4.78, 5) is 18.8. The number of aromatic amines is 1. The van der Waals surface area contributed by atoms with Gasteiger partial charge in [0.25, 0.3) is 0 Å². The first-order valence-corrected chi connectivity index (χ1v) is 10.8. The van der Waals surface area contributed by atoms with Crippen molar-refractivity contribution < 1.29 is 4.74 Å². The fourth-order valence-electron chi connectivity index (χ4n) is 3.15. The molecule has 3 N–H and O–H groups in total. The number of hydrogen-bond donors (Lipinski definition) is 2. The first-order valence-electron chi connectivity index (χ1n) is 9.63. The van der Waals surface area contributed by atoms with Gasteiger partial charge in [0.05, 0.1) is 19.3 Å². The average molecular weight is 401 g/mol. The maximum atomic E-state index is 6.04. The van der Waals surface area contributed by atoms with Crippen LogP contribution in [0.2, 0.25) is 0 Å². The summed E-state index contributed by atoms with van der Waals surface area (Å²) in [5.41, 5.74) is 7.77. The van der Waals surface area contributed by atoms with E-state index in [1.54, 1.807) is 6.20 Å². The molecule has 4 rings (SSSR count). The molecule has 1 atom stereocenters. The molecule has 0 bridgehead atoms. The topological polar surface area (TPSA) is 93.0 Å². The number of fused-ring (bicyclic) bond motifs is 1. The number of thioether (sulfide) groups is 1. The van der Waals surface area contributed by atoms with Crippen LogP contribution < -0.4 is 10.6 Å². The maximum absolute atomic E-state index is 6.04. The second-order valence-corrected chi connectivity index (χ2v) is 8.03. The lowest BCUT2D eigenvalue weighted by Gasteiger charge is -2.34. The SMILES string of the molecule is CC1COCCN1c1cc(N)nc(-c2ccnc3[nH]ccc23)n1.CCSCC. The van der Waals surface area contributed by atoms with Gasteiger partial charge in [-0.1, -0.05) is 13.8 Å². The highest BCUT2D eigenvalue weighted by molar-refractivity contribution is 7.99. The first-order chi connectivity index (χ1) is 13.6. The Kier molecular flexibility index (Phi) is 7.11. The molecule has 0 aromatic carbocycles. The van der Waals surface area contributed by atoms with Crippen LogP contribution in [-0.4, -0.2) is 57.2 Å². The summed E-state index contributed by atoms with van der Waals surface area (Å²) in [5, 5.41) is 0.985. The highest BCUT2D eigenvalue weighted by Crippen LogP contribution is 2.28. The van der Waals surface area contributed by atoms with E-state index in [9.17, 15) is 0 Å². The third-order valence-electron chi connectivity index (χ3n) is 4.50. The maximum Gasteiger partial charge on any atom is 0.164 e. The summed E-state index contributed by atoms with van der Waals surface area (Å²) in [6.45, 7) is 8.65. The minimum Gasteiger partial charge on any atom is -0.384 e. The largest absolute Gasteiger partial charge is 0.384 e. The highest BCUT2D eigenvalue weighted by atomic mass is 32.2. The number of aromatic nitrogens is 4. The molecular weight excluding hydrogens is 372 g/mol. The number of pyridine rings is 1. The van der Waals surface area contributed by atoms with Crippen LogP contribution in [0.4, 0.5) is 11.6 Å². The predicted molar refractivity (Wildman–Crippen MR) is 118 cm³/mol. The first kappa shape index (κ1) is 20.4. The zero-order valence-electron chi connectivity index (χ0n) is 16.7. The van der Waals surface area contributed by atoms with Crippen LogP contribution in [0.3, 0.4) is 0 Å². The van der Waals surface area contributed by atoms with Gasteiger partial charge in [0.2, 0.25) is 0 Å². The lowest BCUT2D eigenvalue weighted by atomic mass is 10.1. The number of nitrogens with two attached hydrogens (primary N) is 1. The molecule has 1 aliphatic rings. The minimum atomic E-state index is 0.260. The molecule has 8 heteroatoms. The molecule has 1 aliphatic heterocycles. The number of nitrogens with zero attached hydrogens (tertiary/aromatic N) is 4. The lowest BCUT2D eigenvalue weighted by molar-refractivity contribution is 0.0985. The molecule has 150 valence electrons. The fourth-order valence-corrected chi connectivity index (χ4v) is 3.56. The summed E-state index contributed by atoms with van der Waals surface area (Å²) in [7, 11) is 0. The van der Waals surface area contributed by atoms with Crippen molar-refractivity contribution >= 4 is 34.4 Å². The quantitative estimate of drug-likeness (QED) is 0.691. The van der Waals surface area contributed by atoms with E-state index >= 15 is 0 Å². The summed E-state index contributed by atoms with van der Waals surface area (Å²) in [6, 6.07) is 5.97. The second kappa shape index (κ2) is 9.75. The zero-order chi connectivity index (χ0) is 19.9. The Balaban J connectivity index is 0.000000403. The molecule has 1 unspecified atom stereocenters.